The zero-order valence-corrected chi connectivity index (χ0v) is 21.0. The van der Waals surface area contributed by atoms with Gasteiger partial charge in [-0.25, -0.2) is 4.39 Å². The van der Waals surface area contributed by atoms with Gasteiger partial charge in [0, 0.05) is 11.8 Å². The van der Waals surface area contributed by atoms with Crippen molar-refractivity contribution in [3.8, 4) is 17.2 Å². The van der Waals surface area contributed by atoms with E-state index >= 15 is 0 Å². The van der Waals surface area contributed by atoms with Gasteiger partial charge in [-0.3, -0.25) is 9.36 Å². The number of nitrogens with one attached hydrogen (secondary N) is 1. The fraction of sp³-hybridized carbons (Fsp3) is 0.222. The Kier molecular flexibility index (Phi) is 8.22. The van der Waals surface area contributed by atoms with Crippen LogP contribution < -0.4 is 14.8 Å². The quantitative estimate of drug-likeness (QED) is 0.263. The molecule has 0 spiro atoms. The van der Waals surface area contributed by atoms with Gasteiger partial charge in [0.05, 0.1) is 18.0 Å². The second kappa shape index (κ2) is 11.7. The molecule has 1 heterocycles. The number of rotatable bonds is 10. The minimum Gasteiger partial charge on any atom is -0.497 e. The number of aromatic nitrogens is 3. The van der Waals surface area contributed by atoms with Gasteiger partial charge in [0.2, 0.25) is 5.91 Å². The van der Waals surface area contributed by atoms with Crippen LogP contribution in [0, 0.1) is 5.82 Å². The monoisotopic (exact) mass is 506 g/mol. The molecule has 1 N–H and O–H groups in total. The third-order valence-corrected chi connectivity index (χ3v) is 6.74. The number of anilines is 1. The van der Waals surface area contributed by atoms with Crippen molar-refractivity contribution in [3.05, 3.63) is 90.5 Å². The van der Waals surface area contributed by atoms with Gasteiger partial charge in [0.1, 0.15) is 17.3 Å². The summed E-state index contributed by atoms with van der Waals surface area (Å²) in [5.41, 5.74) is 0.984. The van der Waals surface area contributed by atoms with Crippen LogP contribution in [0.5, 0.6) is 11.5 Å². The van der Waals surface area contributed by atoms with Gasteiger partial charge in [-0.1, -0.05) is 55.1 Å². The minimum atomic E-state index is -0.515. The van der Waals surface area contributed by atoms with Crippen LogP contribution in [0.3, 0.4) is 0 Å². The molecule has 0 aliphatic heterocycles. The van der Waals surface area contributed by atoms with E-state index in [9.17, 15) is 9.18 Å². The molecule has 7 nitrogen and oxygen atoms in total. The average Bonchev–Trinajstić information content (AvgIpc) is 3.33. The summed E-state index contributed by atoms with van der Waals surface area (Å²) in [6.07, 6.45) is 0.0594. The topological polar surface area (TPSA) is 78.3 Å². The van der Waals surface area contributed by atoms with Crippen LogP contribution in [0.2, 0.25) is 0 Å². The second-order valence-corrected chi connectivity index (χ2v) is 9.10. The Morgan fingerprint density at radius 1 is 1.03 bits per heavy atom. The standard InChI is InChI=1S/C27H27FN4O3S/c1-4-24(26(33)29-23-16-9-8-15-22(23)28)36-27-31-30-25(32(27)19-11-6-5-7-12-19)18(2)35-21-14-10-13-20(17-21)34-3/h5-18,24H,4H2,1-3H3,(H,29,33). The molecule has 4 aromatic rings. The smallest absolute Gasteiger partial charge is 0.238 e. The van der Waals surface area contributed by atoms with E-state index in [0.29, 0.717) is 28.9 Å². The number of hydrogen-bond donors (Lipinski definition) is 1. The summed E-state index contributed by atoms with van der Waals surface area (Å²) in [5.74, 6) is 1.11. The van der Waals surface area contributed by atoms with E-state index in [2.05, 4.69) is 15.5 Å². The molecule has 4 rings (SSSR count). The van der Waals surface area contributed by atoms with Crippen molar-refractivity contribution >= 4 is 23.4 Å². The summed E-state index contributed by atoms with van der Waals surface area (Å²) in [7, 11) is 1.60. The minimum absolute atomic E-state index is 0.145. The summed E-state index contributed by atoms with van der Waals surface area (Å²) < 4.78 is 27.4. The Morgan fingerprint density at radius 3 is 2.47 bits per heavy atom. The molecular weight excluding hydrogens is 479 g/mol. The molecule has 3 aromatic carbocycles. The van der Waals surface area contributed by atoms with Gasteiger partial charge < -0.3 is 14.8 Å². The first kappa shape index (κ1) is 25.2. The molecule has 1 amide bonds. The van der Waals surface area contributed by atoms with Crippen LogP contribution in [-0.2, 0) is 4.79 Å². The lowest BCUT2D eigenvalue weighted by Gasteiger charge is -2.18. The number of halogens is 1. The predicted molar refractivity (Wildman–Crippen MR) is 138 cm³/mol. The van der Waals surface area contributed by atoms with E-state index in [0.717, 1.165) is 5.69 Å². The fourth-order valence-electron chi connectivity index (χ4n) is 3.60. The zero-order chi connectivity index (χ0) is 25.5. The fourth-order valence-corrected chi connectivity index (χ4v) is 4.58. The van der Waals surface area contributed by atoms with Gasteiger partial charge in [-0.2, -0.15) is 0 Å². The summed E-state index contributed by atoms with van der Waals surface area (Å²) in [5, 5.41) is 11.5. The van der Waals surface area contributed by atoms with Crippen LogP contribution in [0.1, 0.15) is 32.2 Å². The van der Waals surface area contributed by atoms with Gasteiger partial charge in [0.25, 0.3) is 0 Å². The van der Waals surface area contributed by atoms with Gasteiger partial charge >= 0.3 is 0 Å². The SMILES string of the molecule is CCC(Sc1nnc(C(C)Oc2cccc(OC)c2)n1-c1ccccc1)C(=O)Nc1ccccc1F. The molecule has 0 saturated heterocycles. The van der Waals surface area contributed by atoms with E-state index in [1.807, 2.05) is 66.9 Å². The van der Waals surface area contributed by atoms with Crippen molar-refractivity contribution in [2.24, 2.45) is 0 Å². The number of carbonyl (C=O) groups is 1. The van der Waals surface area contributed by atoms with Crippen LogP contribution in [0.15, 0.2) is 84.0 Å². The molecule has 0 radical (unpaired) electrons. The molecule has 2 atom stereocenters. The number of methoxy groups -OCH3 is 1. The van der Waals surface area contributed by atoms with E-state index in [1.54, 1.807) is 25.3 Å². The molecule has 36 heavy (non-hydrogen) atoms. The van der Waals surface area contributed by atoms with Crippen molar-refractivity contribution in [3.63, 3.8) is 0 Å². The number of benzene rings is 3. The molecular formula is C27H27FN4O3S. The van der Waals surface area contributed by atoms with Crippen molar-refractivity contribution in [1.82, 2.24) is 14.8 Å². The molecule has 0 fully saturated rings. The highest BCUT2D eigenvalue weighted by Gasteiger charge is 2.26. The van der Waals surface area contributed by atoms with Gasteiger partial charge in [-0.05, 0) is 49.7 Å². The summed E-state index contributed by atoms with van der Waals surface area (Å²) in [6.45, 7) is 3.79. The molecule has 1 aromatic heterocycles. The largest absolute Gasteiger partial charge is 0.497 e. The summed E-state index contributed by atoms with van der Waals surface area (Å²) in [6, 6.07) is 23.1. The first-order chi connectivity index (χ1) is 17.5. The highest BCUT2D eigenvalue weighted by molar-refractivity contribution is 8.00. The lowest BCUT2D eigenvalue weighted by Crippen LogP contribution is -2.25. The highest BCUT2D eigenvalue weighted by Crippen LogP contribution is 2.32. The van der Waals surface area contributed by atoms with Gasteiger partial charge in [-0.15, -0.1) is 10.2 Å². The van der Waals surface area contributed by atoms with Crippen molar-refractivity contribution < 1.29 is 18.7 Å². The van der Waals surface area contributed by atoms with Crippen LogP contribution >= 0.6 is 11.8 Å². The lowest BCUT2D eigenvalue weighted by molar-refractivity contribution is -0.115. The Morgan fingerprint density at radius 2 is 1.75 bits per heavy atom. The normalized spacial score (nSPS) is 12.6. The number of carbonyl (C=O) groups excluding carboxylic acids is 1. The average molecular weight is 507 g/mol. The van der Waals surface area contributed by atoms with Crippen LogP contribution in [-0.4, -0.2) is 33.0 Å². The van der Waals surface area contributed by atoms with Crippen molar-refractivity contribution in [1.29, 1.82) is 0 Å². The maximum absolute atomic E-state index is 14.1. The molecule has 186 valence electrons. The number of thioether (sulfide) groups is 1. The van der Waals surface area contributed by atoms with Gasteiger partial charge in [0.15, 0.2) is 17.1 Å². The second-order valence-electron chi connectivity index (χ2n) is 7.93. The first-order valence-corrected chi connectivity index (χ1v) is 12.4. The molecule has 0 bridgehead atoms. The van der Waals surface area contributed by atoms with Crippen LogP contribution in [0.25, 0.3) is 5.69 Å². The molecule has 0 aliphatic rings. The third-order valence-electron chi connectivity index (χ3n) is 5.43. The highest BCUT2D eigenvalue weighted by atomic mass is 32.2. The number of para-hydroxylation sites is 2. The predicted octanol–water partition coefficient (Wildman–Crippen LogP) is 6.06. The lowest BCUT2D eigenvalue weighted by atomic mass is 10.2. The van der Waals surface area contributed by atoms with Crippen LogP contribution in [0.4, 0.5) is 10.1 Å². The summed E-state index contributed by atoms with van der Waals surface area (Å²) in [4.78, 5) is 13.0. The first-order valence-electron chi connectivity index (χ1n) is 11.5. The number of ether oxygens (including phenoxy) is 2. The molecule has 2 unspecified atom stereocenters. The maximum atomic E-state index is 14.1. The Labute approximate surface area is 213 Å². The Bertz CT molecular complexity index is 1320. The maximum Gasteiger partial charge on any atom is 0.238 e. The number of hydrogen-bond acceptors (Lipinski definition) is 6. The number of nitrogens with zero attached hydrogens (tertiary/aromatic N) is 3. The Hall–Kier alpha value is -3.85. The molecule has 9 heteroatoms. The van der Waals surface area contributed by atoms with E-state index in [-0.39, 0.29) is 11.6 Å². The van der Waals surface area contributed by atoms with E-state index in [1.165, 1.54) is 23.9 Å². The zero-order valence-electron chi connectivity index (χ0n) is 20.2. The van der Waals surface area contributed by atoms with Crippen molar-refractivity contribution in [2.75, 3.05) is 12.4 Å². The third kappa shape index (κ3) is 5.85. The number of amides is 1. The van der Waals surface area contributed by atoms with E-state index < -0.39 is 17.2 Å². The molecule has 0 saturated carbocycles. The molecule has 0 aliphatic carbocycles. The Balaban J connectivity index is 1.62. The van der Waals surface area contributed by atoms with E-state index in [4.69, 9.17) is 9.47 Å². The summed E-state index contributed by atoms with van der Waals surface area (Å²) >= 11 is 1.27. The van der Waals surface area contributed by atoms with Crippen molar-refractivity contribution in [2.45, 2.75) is 36.8 Å².